The van der Waals surface area contributed by atoms with Gasteiger partial charge in [-0.2, -0.15) is 0 Å². The van der Waals surface area contributed by atoms with Gasteiger partial charge in [-0.15, -0.1) is 0 Å². The highest BCUT2D eigenvalue weighted by Crippen LogP contribution is 2.42. The molecule has 2 fully saturated rings. The van der Waals surface area contributed by atoms with Crippen molar-refractivity contribution in [3.63, 3.8) is 0 Å². The minimum Gasteiger partial charge on any atom is -0.313 e. The van der Waals surface area contributed by atoms with E-state index in [0.29, 0.717) is 5.92 Å². The molecule has 0 heterocycles. The average molecular weight is 219 g/mol. The number of halogens is 1. The van der Waals surface area contributed by atoms with Gasteiger partial charge in [0.25, 0.3) is 0 Å². The first-order valence-electron chi connectivity index (χ1n) is 6.32. The largest absolute Gasteiger partial charge is 0.313 e. The molecule has 0 spiro atoms. The molecule has 0 aliphatic heterocycles. The summed E-state index contributed by atoms with van der Waals surface area (Å²) in [5.41, 5.74) is 1.30. The average Bonchev–Trinajstić information content (AvgIpc) is 3.15. The Hall–Kier alpha value is -0.890. The second-order valence-electron chi connectivity index (χ2n) is 5.18. The van der Waals surface area contributed by atoms with E-state index in [1.54, 1.807) is 12.1 Å². The number of hydrogen-bond donors (Lipinski definition) is 1. The Morgan fingerprint density at radius 1 is 1.12 bits per heavy atom. The second-order valence-corrected chi connectivity index (χ2v) is 5.18. The molecule has 1 atom stereocenters. The van der Waals surface area contributed by atoms with E-state index in [2.05, 4.69) is 5.32 Å². The molecule has 0 bridgehead atoms. The molecule has 1 N–H and O–H groups in total. The van der Waals surface area contributed by atoms with Crippen LogP contribution < -0.4 is 5.32 Å². The van der Waals surface area contributed by atoms with Crippen molar-refractivity contribution in [2.24, 2.45) is 5.92 Å². The molecule has 0 saturated heterocycles. The van der Waals surface area contributed by atoms with Crippen LogP contribution in [0.5, 0.6) is 0 Å². The Balaban J connectivity index is 1.68. The van der Waals surface area contributed by atoms with Gasteiger partial charge in [0.2, 0.25) is 0 Å². The van der Waals surface area contributed by atoms with E-state index in [-0.39, 0.29) is 5.82 Å². The van der Waals surface area contributed by atoms with Crippen molar-refractivity contribution >= 4 is 0 Å². The van der Waals surface area contributed by atoms with Crippen molar-refractivity contribution in [2.75, 3.05) is 6.54 Å². The second kappa shape index (κ2) is 4.17. The van der Waals surface area contributed by atoms with Crippen LogP contribution in [0.15, 0.2) is 24.3 Å². The Morgan fingerprint density at radius 3 is 2.38 bits per heavy atom. The molecule has 2 aliphatic rings. The molecule has 2 heteroatoms. The fourth-order valence-electron chi connectivity index (χ4n) is 2.35. The Labute approximate surface area is 96.1 Å². The van der Waals surface area contributed by atoms with Crippen LogP contribution in [-0.2, 0) is 0 Å². The molecule has 2 saturated carbocycles. The van der Waals surface area contributed by atoms with E-state index in [4.69, 9.17) is 0 Å². The normalized spacial score (nSPS) is 22.1. The van der Waals surface area contributed by atoms with E-state index < -0.39 is 0 Å². The molecule has 86 valence electrons. The monoisotopic (exact) mass is 219 g/mol. The zero-order valence-electron chi connectivity index (χ0n) is 9.45. The molecule has 1 aromatic carbocycles. The number of hydrogen-bond acceptors (Lipinski definition) is 1. The minimum absolute atomic E-state index is 0.131. The highest BCUT2D eigenvalue weighted by Gasteiger charge is 2.33. The van der Waals surface area contributed by atoms with Gasteiger partial charge >= 0.3 is 0 Å². The zero-order chi connectivity index (χ0) is 11.0. The lowest BCUT2D eigenvalue weighted by Crippen LogP contribution is -2.24. The van der Waals surface area contributed by atoms with Gasteiger partial charge in [0.15, 0.2) is 0 Å². The first-order chi connectivity index (χ1) is 7.83. The van der Waals surface area contributed by atoms with Crippen LogP contribution in [-0.4, -0.2) is 12.6 Å². The lowest BCUT2D eigenvalue weighted by molar-refractivity contribution is 0.531. The molecule has 1 aromatic rings. The molecule has 0 radical (unpaired) electrons. The maximum Gasteiger partial charge on any atom is 0.123 e. The zero-order valence-corrected chi connectivity index (χ0v) is 9.45. The van der Waals surface area contributed by atoms with Crippen LogP contribution in [0.25, 0.3) is 0 Å². The van der Waals surface area contributed by atoms with Gasteiger partial charge < -0.3 is 5.32 Å². The van der Waals surface area contributed by atoms with Gasteiger partial charge in [0.05, 0.1) is 0 Å². The van der Waals surface area contributed by atoms with Crippen molar-refractivity contribution in [2.45, 2.75) is 37.6 Å². The van der Waals surface area contributed by atoms with Crippen LogP contribution in [0.4, 0.5) is 4.39 Å². The highest BCUT2D eigenvalue weighted by atomic mass is 19.1. The SMILES string of the molecule is Fc1ccc(C(CNC2CC2)C2CC2)cc1. The fourth-order valence-corrected chi connectivity index (χ4v) is 2.35. The Kier molecular flexibility index (Phi) is 2.68. The third kappa shape index (κ3) is 2.43. The summed E-state index contributed by atoms with van der Waals surface area (Å²) in [6.07, 6.45) is 5.35. The lowest BCUT2D eigenvalue weighted by atomic mass is 9.94. The first kappa shape index (κ1) is 10.3. The van der Waals surface area contributed by atoms with Gasteiger partial charge in [-0.25, -0.2) is 4.39 Å². The van der Waals surface area contributed by atoms with E-state index in [9.17, 15) is 4.39 Å². The maximum absolute atomic E-state index is 12.9. The van der Waals surface area contributed by atoms with Gasteiger partial charge in [-0.1, -0.05) is 12.1 Å². The van der Waals surface area contributed by atoms with Gasteiger partial charge in [-0.3, -0.25) is 0 Å². The molecule has 0 aromatic heterocycles. The molecular formula is C14H18FN. The van der Waals surface area contributed by atoms with Crippen molar-refractivity contribution in [3.05, 3.63) is 35.6 Å². The molecule has 16 heavy (non-hydrogen) atoms. The van der Waals surface area contributed by atoms with Gasteiger partial charge in [0, 0.05) is 12.6 Å². The molecule has 0 amide bonds. The quantitative estimate of drug-likeness (QED) is 0.802. The predicted octanol–water partition coefficient (Wildman–Crippen LogP) is 3.07. The van der Waals surface area contributed by atoms with Crippen molar-refractivity contribution in [3.8, 4) is 0 Å². The number of nitrogens with one attached hydrogen (secondary N) is 1. The molecule has 2 aliphatic carbocycles. The maximum atomic E-state index is 12.9. The van der Waals surface area contributed by atoms with Crippen LogP contribution in [0.3, 0.4) is 0 Å². The van der Waals surface area contributed by atoms with Crippen LogP contribution in [0.2, 0.25) is 0 Å². The van der Waals surface area contributed by atoms with Crippen molar-refractivity contribution in [1.82, 2.24) is 5.32 Å². The summed E-state index contributed by atoms with van der Waals surface area (Å²) in [6.45, 7) is 1.07. The van der Waals surface area contributed by atoms with Gasteiger partial charge in [0.1, 0.15) is 5.82 Å². The standard InChI is InChI=1S/C14H18FN/c15-12-5-3-11(4-6-12)14(10-1-2-10)9-16-13-7-8-13/h3-6,10,13-14,16H,1-2,7-9H2. The smallest absolute Gasteiger partial charge is 0.123 e. The summed E-state index contributed by atoms with van der Waals surface area (Å²) in [5.74, 6) is 1.30. The van der Waals surface area contributed by atoms with E-state index in [1.165, 1.54) is 31.2 Å². The minimum atomic E-state index is -0.131. The molecule has 3 rings (SSSR count). The van der Waals surface area contributed by atoms with E-state index >= 15 is 0 Å². The third-order valence-electron chi connectivity index (χ3n) is 3.69. The molecular weight excluding hydrogens is 201 g/mol. The van der Waals surface area contributed by atoms with Gasteiger partial charge in [-0.05, 0) is 55.2 Å². The highest BCUT2D eigenvalue weighted by molar-refractivity contribution is 5.23. The summed E-state index contributed by atoms with van der Waals surface area (Å²) in [6, 6.07) is 7.84. The summed E-state index contributed by atoms with van der Waals surface area (Å²) < 4.78 is 12.9. The topological polar surface area (TPSA) is 12.0 Å². The van der Waals surface area contributed by atoms with Crippen molar-refractivity contribution < 1.29 is 4.39 Å². The van der Waals surface area contributed by atoms with Crippen LogP contribution in [0.1, 0.15) is 37.2 Å². The summed E-state index contributed by atoms with van der Waals surface area (Å²) in [5, 5.41) is 3.60. The summed E-state index contributed by atoms with van der Waals surface area (Å²) >= 11 is 0. The van der Waals surface area contributed by atoms with E-state index in [0.717, 1.165) is 18.5 Å². The number of rotatable bonds is 5. The first-order valence-corrected chi connectivity index (χ1v) is 6.32. The number of benzene rings is 1. The predicted molar refractivity (Wildman–Crippen MR) is 62.9 cm³/mol. The Morgan fingerprint density at radius 2 is 1.81 bits per heavy atom. The molecule has 1 nitrogen and oxygen atoms in total. The molecule has 1 unspecified atom stereocenters. The van der Waals surface area contributed by atoms with Crippen LogP contribution in [0, 0.1) is 11.7 Å². The summed E-state index contributed by atoms with van der Waals surface area (Å²) in [7, 11) is 0. The third-order valence-corrected chi connectivity index (χ3v) is 3.69. The summed E-state index contributed by atoms with van der Waals surface area (Å²) in [4.78, 5) is 0. The lowest BCUT2D eigenvalue weighted by Gasteiger charge is -2.17. The van der Waals surface area contributed by atoms with Crippen LogP contribution >= 0.6 is 0 Å². The fraction of sp³-hybridized carbons (Fsp3) is 0.571. The van der Waals surface area contributed by atoms with E-state index in [1.807, 2.05) is 12.1 Å². The van der Waals surface area contributed by atoms with Crippen molar-refractivity contribution in [1.29, 1.82) is 0 Å². The Bertz CT molecular complexity index is 352.